The highest BCUT2D eigenvalue weighted by atomic mass is 19.3. The first-order valence-electron chi connectivity index (χ1n) is 11.0. The normalized spacial score (nSPS) is 18.3. The Hall–Kier alpha value is -3.88. The molecule has 2 aromatic carbocycles. The fourth-order valence-electron chi connectivity index (χ4n) is 4.62. The van der Waals surface area contributed by atoms with Crippen LogP contribution >= 0.6 is 0 Å². The highest BCUT2D eigenvalue weighted by Crippen LogP contribution is 2.36. The number of hydrogen-bond donors (Lipinski definition) is 1. The fourth-order valence-corrected chi connectivity index (χ4v) is 4.62. The molecule has 1 aromatic heterocycles. The maximum atomic E-state index is 13.9. The lowest BCUT2D eigenvalue weighted by atomic mass is 9.98. The number of amides is 3. The number of nitrogens with zero attached hydrogens (tertiary/aromatic N) is 3. The number of benzene rings is 2. The van der Waals surface area contributed by atoms with Gasteiger partial charge in [0.2, 0.25) is 11.8 Å². The second kappa shape index (κ2) is 8.16. The zero-order valence-corrected chi connectivity index (χ0v) is 18.4. The lowest BCUT2D eigenvalue weighted by molar-refractivity contribution is -0.136. The lowest BCUT2D eigenvalue weighted by Crippen LogP contribution is -2.52. The Bertz CT molecular complexity index is 1300. The van der Waals surface area contributed by atoms with Crippen molar-refractivity contribution in [3.63, 3.8) is 0 Å². The third-order valence-corrected chi connectivity index (χ3v) is 6.15. The SMILES string of the molecule is CC(F)(F)Cn1ncc(-c2ccc3c(c2)CN(C2CCC(=O)NC2=O)C3=O)c1-c1ccccc1. The quantitative estimate of drug-likeness (QED) is 0.585. The van der Waals surface area contributed by atoms with E-state index in [-0.39, 0.29) is 31.2 Å². The number of aromatic nitrogens is 2. The largest absolute Gasteiger partial charge is 0.322 e. The number of piperidine rings is 1. The summed E-state index contributed by atoms with van der Waals surface area (Å²) in [5.41, 5.74) is 3.95. The van der Waals surface area contributed by atoms with E-state index in [9.17, 15) is 23.2 Å². The zero-order chi connectivity index (χ0) is 24.0. The molecule has 5 rings (SSSR count). The molecule has 1 N–H and O–H groups in total. The molecule has 9 heteroatoms. The molecule has 0 bridgehead atoms. The van der Waals surface area contributed by atoms with Crippen molar-refractivity contribution in [2.24, 2.45) is 0 Å². The van der Waals surface area contributed by atoms with E-state index in [1.807, 2.05) is 36.4 Å². The average Bonchev–Trinajstić information content (AvgIpc) is 3.34. The number of halogens is 2. The van der Waals surface area contributed by atoms with E-state index in [1.54, 1.807) is 18.3 Å². The summed E-state index contributed by atoms with van der Waals surface area (Å²) in [5.74, 6) is -4.01. The lowest BCUT2D eigenvalue weighted by Gasteiger charge is -2.29. The van der Waals surface area contributed by atoms with E-state index < -0.39 is 24.4 Å². The van der Waals surface area contributed by atoms with Crippen LogP contribution in [0, 0.1) is 0 Å². The van der Waals surface area contributed by atoms with Gasteiger partial charge in [-0.05, 0) is 29.7 Å². The van der Waals surface area contributed by atoms with Crippen LogP contribution in [0.4, 0.5) is 8.78 Å². The highest BCUT2D eigenvalue weighted by Gasteiger charge is 2.39. The number of hydrogen-bond acceptors (Lipinski definition) is 4. The number of fused-ring (bicyclic) bond motifs is 1. The summed E-state index contributed by atoms with van der Waals surface area (Å²) >= 11 is 0. The maximum Gasteiger partial charge on any atom is 0.264 e. The number of rotatable bonds is 5. The van der Waals surface area contributed by atoms with Crippen molar-refractivity contribution in [2.75, 3.05) is 0 Å². The van der Waals surface area contributed by atoms with Crippen molar-refractivity contribution in [3.8, 4) is 22.4 Å². The fraction of sp³-hybridized carbons (Fsp3) is 0.280. The van der Waals surface area contributed by atoms with Gasteiger partial charge in [-0.15, -0.1) is 0 Å². The van der Waals surface area contributed by atoms with Crippen molar-refractivity contribution in [1.82, 2.24) is 20.0 Å². The van der Waals surface area contributed by atoms with Gasteiger partial charge in [0.25, 0.3) is 11.8 Å². The summed E-state index contributed by atoms with van der Waals surface area (Å²) in [7, 11) is 0. The van der Waals surface area contributed by atoms with Crippen LogP contribution in [-0.2, 0) is 22.7 Å². The monoisotopic (exact) mass is 464 g/mol. The minimum Gasteiger partial charge on any atom is -0.322 e. The molecule has 1 fully saturated rings. The number of alkyl halides is 2. The number of carbonyl (C=O) groups excluding carboxylic acids is 3. The van der Waals surface area contributed by atoms with Crippen LogP contribution < -0.4 is 5.32 Å². The molecular formula is C25H22F2N4O3. The third kappa shape index (κ3) is 3.98. The van der Waals surface area contributed by atoms with Crippen LogP contribution in [0.1, 0.15) is 35.7 Å². The van der Waals surface area contributed by atoms with E-state index in [0.717, 1.165) is 23.6 Å². The molecule has 34 heavy (non-hydrogen) atoms. The zero-order valence-electron chi connectivity index (χ0n) is 18.4. The Balaban J connectivity index is 1.51. The Morgan fingerprint density at radius 1 is 1.06 bits per heavy atom. The topological polar surface area (TPSA) is 84.3 Å². The van der Waals surface area contributed by atoms with E-state index >= 15 is 0 Å². The van der Waals surface area contributed by atoms with Crippen molar-refractivity contribution in [2.45, 2.75) is 44.8 Å². The molecule has 3 heterocycles. The molecule has 1 atom stereocenters. The summed E-state index contributed by atoms with van der Waals surface area (Å²) in [5, 5.41) is 6.54. The first-order chi connectivity index (χ1) is 16.2. The van der Waals surface area contributed by atoms with E-state index in [4.69, 9.17) is 0 Å². The van der Waals surface area contributed by atoms with Gasteiger partial charge in [-0.1, -0.05) is 36.4 Å². The minimum absolute atomic E-state index is 0.184. The molecule has 0 saturated carbocycles. The van der Waals surface area contributed by atoms with Gasteiger partial charge < -0.3 is 4.90 Å². The molecule has 0 spiro atoms. The number of nitrogens with one attached hydrogen (secondary N) is 1. The summed E-state index contributed by atoms with van der Waals surface area (Å²) in [4.78, 5) is 38.2. The first-order valence-corrected chi connectivity index (χ1v) is 11.0. The van der Waals surface area contributed by atoms with E-state index in [2.05, 4.69) is 10.4 Å². The van der Waals surface area contributed by atoms with Crippen molar-refractivity contribution in [1.29, 1.82) is 0 Å². The second-order valence-corrected chi connectivity index (χ2v) is 8.77. The number of imide groups is 1. The van der Waals surface area contributed by atoms with Crippen molar-refractivity contribution >= 4 is 17.7 Å². The third-order valence-electron chi connectivity index (χ3n) is 6.15. The van der Waals surface area contributed by atoms with Gasteiger partial charge in [0, 0.05) is 36.6 Å². The summed E-state index contributed by atoms with van der Waals surface area (Å²) in [6.07, 6.45) is 2.03. The molecule has 3 aromatic rings. The first kappa shape index (κ1) is 21.9. The standard InChI is InChI=1S/C25H22F2N4O3/c1-25(26,27)14-31-22(15-5-3-2-4-6-15)19(12-28-31)16-7-8-18-17(11-16)13-30(24(18)34)20-9-10-21(32)29-23(20)33/h2-8,11-12,20H,9-10,13-14H2,1H3,(H,29,32,33). The summed E-state index contributed by atoms with van der Waals surface area (Å²) < 4.78 is 29.0. The summed E-state index contributed by atoms with van der Waals surface area (Å²) in [6, 6.07) is 13.8. The Morgan fingerprint density at radius 2 is 1.82 bits per heavy atom. The highest BCUT2D eigenvalue weighted by molar-refractivity contribution is 6.05. The minimum atomic E-state index is -2.94. The smallest absolute Gasteiger partial charge is 0.264 e. The van der Waals surface area contributed by atoms with Crippen LogP contribution in [0.15, 0.2) is 54.7 Å². The average molecular weight is 464 g/mol. The molecular weight excluding hydrogens is 442 g/mol. The van der Waals surface area contributed by atoms with Gasteiger partial charge in [-0.3, -0.25) is 24.4 Å². The predicted molar refractivity (Wildman–Crippen MR) is 120 cm³/mol. The second-order valence-electron chi connectivity index (χ2n) is 8.77. The molecule has 2 aliphatic rings. The van der Waals surface area contributed by atoms with E-state index in [0.29, 0.717) is 16.8 Å². The molecule has 1 unspecified atom stereocenters. The van der Waals surface area contributed by atoms with Crippen LogP contribution in [0.25, 0.3) is 22.4 Å². The van der Waals surface area contributed by atoms with Gasteiger partial charge in [-0.25, -0.2) is 8.78 Å². The molecule has 7 nitrogen and oxygen atoms in total. The van der Waals surface area contributed by atoms with Crippen LogP contribution in [0.5, 0.6) is 0 Å². The molecule has 2 aliphatic heterocycles. The van der Waals surface area contributed by atoms with Crippen molar-refractivity contribution < 1.29 is 23.2 Å². The maximum absolute atomic E-state index is 13.9. The Kier molecular flexibility index (Phi) is 5.27. The molecule has 0 aliphatic carbocycles. The van der Waals surface area contributed by atoms with Gasteiger partial charge in [-0.2, -0.15) is 5.10 Å². The van der Waals surface area contributed by atoms with Crippen molar-refractivity contribution in [3.05, 3.63) is 65.9 Å². The Morgan fingerprint density at radius 3 is 2.53 bits per heavy atom. The molecule has 1 saturated heterocycles. The summed E-state index contributed by atoms with van der Waals surface area (Å²) in [6.45, 7) is 0.522. The van der Waals surface area contributed by atoms with Gasteiger partial charge >= 0.3 is 0 Å². The van der Waals surface area contributed by atoms with Gasteiger partial charge in [0.15, 0.2) is 0 Å². The predicted octanol–water partition coefficient (Wildman–Crippen LogP) is 3.63. The molecule has 174 valence electrons. The number of carbonyl (C=O) groups is 3. The van der Waals surface area contributed by atoms with Gasteiger partial charge in [0.05, 0.1) is 11.9 Å². The molecule has 0 radical (unpaired) electrons. The van der Waals surface area contributed by atoms with Gasteiger partial charge in [0.1, 0.15) is 12.6 Å². The Labute approximate surface area is 194 Å². The van der Waals surface area contributed by atoms with E-state index in [1.165, 1.54) is 9.58 Å². The van der Waals surface area contributed by atoms with Crippen LogP contribution in [0.2, 0.25) is 0 Å². The van der Waals surface area contributed by atoms with Crippen LogP contribution in [-0.4, -0.2) is 44.4 Å². The molecule has 3 amide bonds. The van der Waals surface area contributed by atoms with Crippen LogP contribution in [0.3, 0.4) is 0 Å².